The Bertz CT molecular complexity index is 1090. The number of aryl methyl sites for hydroxylation is 1. The third-order valence-corrected chi connectivity index (χ3v) is 4.61. The Morgan fingerprint density at radius 1 is 0.840 bits per heavy atom. The van der Waals surface area contributed by atoms with Gasteiger partial charge in [-0.25, -0.2) is 0 Å². The summed E-state index contributed by atoms with van der Waals surface area (Å²) >= 11 is 0. The zero-order valence-electron chi connectivity index (χ0n) is 14.3. The predicted molar refractivity (Wildman–Crippen MR) is 101 cm³/mol. The highest BCUT2D eigenvalue weighted by atomic mass is 16.5. The van der Waals surface area contributed by atoms with Crippen molar-refractivity contribution in [1.29, 1.82) is 5.41 Å². The van der Waals surface area contributed by atoms with Crippen LogP contribution >= 0.6 is 0 Å². The van der Waals surface area contributed by atoms with Crippen LogP contribution in [0.3, 0.4) is 0 Å². The van der Waals surface area contributed by atoms with E-state index in [0.717, 1.165) is 28.7 Å². The first-order valence-electron chi connectivity index (χ1n) is 8.63. The molecule has 0 fully saturated rings. The van der Waals surface area contributed by atoms with Crippen LogP contribution in [-0.4, -0.2) is 15.7 Å². The van der Waals surface area contributed by atoms with Crippen LogP contribution in [0.2, 0.25) is 0 Å². The molecule has 25 heavy (non-hydrogen) atoms. The van der Waals surface area contributed by atoms with E-state index in [1.165, 1.54) is 5.39 Å². The molecule has 0 saturated carbocycles. The monoisotopic (exact) mass is 331 g/mol. The van der Waals surface area contributed by atoms with E-state index in [-0.39, 0.29) is 0 Å². The lowest BCUT2D eigenvalue weighted by Gasteiger charge is -2.10. The summed E-state index contributed by atoms with van der Waals surface area (Å²) in [7, 11) is 0. The number of aromatic nitrogens is 2. The minimum atomic E-state index is 0.519. The van der Waals surface area contributed by atoms with E-state index in [9.17, 15) is 0 Å². The lowest BCUT2D eigenvalue weighted by Crippen LogP contribution is -2.26. The van der Waals surface area contributed by atoms with Crippen LogP contribution in [0, 0.1) is 5.41 Å². The van der Waals surface area contributed by atoms with Crippen molar-refractivity contribution >= 4 is 21.8 Å². The summed E-state index contributed by atoms with van der Waals surface area (Å²) in [6.07, 6.45) is 0. The topological polar surface area (TPSA) is 42.9 Å². The van der Waals surface area contributed by atoms with E-state index in [4.69, 9.17) is 10.1 Å². The third-order valence-electron chi connectivity index (χ3n) is 4.61. The van der Waals surface area contributed by atoms with Crippen LogP contribution in [0.1, 0.15) is 6.92 Å². The molecular weight excluding hydrogens is 310 g/mol. The number of ether oxygens (including phenoxy) is 1. The summed E-state index contributed by atoms with van der Waals surface area (Å²) in [6, 6.07) is 22.5. The highest BCUT2D eigenvalue weighted by molar-refractivity contribution is 5.88. The number of nitrogens with one attached hydrogen (secondary N) is 1. The predicted octanol–water partition coefficient (Wildman–Crippen LogP) is 4.17. The molecule has 0 aliphatic carbocycles. The molecule has 0 aliphatic rings. The van der Waals surface area contributed by atoms with Gasteiger partial charge in [-0.1, -0.05) is 48.5 Å². The molecule has 0 unspecified atom stereocenters. The van der Waals surface area contributed by atoms with Gasteiger partial charge >= 0.3 is 0 Å². The number of rotatable bonds is 5. The van der Waals surface area contributed by atoms with Crippen LogP contribution in [-0.2, 0) is 13.1 Å². The van der Waals surface area contributed by atoms with E-state index >= 15 is 0 Å². The fourth-order valence-electron chi connectivity index (χ4n) is 3.41. The molecule has 4 heteroatoms. The van der Waals surface area contributed by atoms with E-state index in [0.29, 0.717) is 18.8 Å². The van der Waals surface area contributed by atoms with Crippen LogP contribution in [0.15, 0.2) is 66.7 Å². The second-order valence-corrected chi connectivity index (χ2v) is 6.03. The van der Waals surface area contributed by atoms with Crippen molar-refractivity contribution in [1.82, 2.24) is 9.13 Å². The Morgan fingerprint density at radius 3 is 2.32 bits per heavy atom. The normalized spacial score (nSPS) is 11.2. The molecule has 0 amide bonds. The van der Waals surface area contributed by atoms with Gasteiger partial charge in [0.1, 0.15) is 12.4 Å². The van der Waals surface area contributed by atoms with Crippen molar-refractivity contribution in [3.05, 3.63) is 72.3 Å². The van der Waals surface area contributed by atoms with Crippen molar-refractivity contribution in [2.24, 2.45) is 0 Å². The summed E-state index contributed by atoms with van der Waals surface area (Å²) < 4.78 is 10.1. The molecule has 1 aromatic heterocycles. The molecule has 4 nitrogen and oxygen atoms in total. The fraction of sp³-hybridized carbons (Fsp3) is 0.190. The van der Waals surface area contributed by atoms with Gasteiger partial charge in [-0.15, -0.1) is 0 Å². The number of hydrogen-bond acceptors (Lipinski definition) is 2. The van der Waals surface area contributed by atoms with Crippen LogP contribution in [0.5, 0.6) is 5.75 Å². The largest absolute Gasteiger partial charge is 0.491 e. The average Bonchev–Trinajstić information content (AvgIpc) is 2.93. The molecule has 1 N–H and O–H groups in total. The number of nitrogens with zero attached hydrogens (tertiary/aromatic N) is 2. The average molecular weight is 331 g/mol. The number of imidazole rings is 1. The number of hydrogen-bond donors (Lipinski definition) is 1. The molecule has 0 spiro atoms. The second kappa shape index (κ2) is 6.48. The van der Waals surface area contributed by atoms with Gasteiger partial charge in [-0.3, -0.25) is 5.41 Å². The summed E-state index contributed by atoms with van der Waals surface area (Å²) in [6.45, 7) is 4.04. The van der Waals surface area contributed by atoms with E-state index in [2.05, 4.69) is 37.3 Å². The highest BCUT2D eigenvalue weighted by Gasteiger charge is 2.09. The highest BCUT2D eigenvalue weighted by Crippen LogP contribution is 2.25. The SMILES string of the molecule is CCn1c(=N)n(CCOc2cccc3ccccc23)c2ccccc21. The third kappa shape index (κ3) is 2.70. The van der Waals surface area contributed by atoms with Crippen molar-refractivity contribution in [2.75, 3.05) is 6.61 Å². The van der Waals surface area contributed by atoms with Crippen molar-refractivity contribution in [2.45, 2.75) is 20.0 Å². The summed E-state index contributed by atoms with van der Waals surface area (Å²) in [5.41, 5.74) is 2.70. The Labute approximate surface area is 146 Å². The van der Waals surface area contributed by atoms with E-state index < -0.39 is 0 Å². The molecule has 0 bridgehead atoms. The lowest BCUT2D eigenvalue weighted by atomic mass is 10.1. The first-order valence-corrected chi connectivity index (χ1v) is 8.63. The maximum atomic E-state index is 8.46. The van der Waals surface area contributed by atoms with Crippen molar-refractivity contribution < 1.29 is 4.74 Å². The van der Waals surface area contributed by atoms with Gasteiger partial charge in [-0.2, -0.15) is 0 Å². The van der Waals surface area contributed by atoms with Gasteiger partial charge in [0.25, 0.3) is 0 Å². The summed E-state index contributed by atoms with van der Waals surface area (Å²) in [5.74, 6) is 0.893. The second-order valence-electron chi connectivity index (χ2n) is 6.03. The molecule has 126 valence electrons. The smallest absolute Gasteiger partial charge is 0.203 e. The van der Waals surface area contributed by atoms with Crippen molar-refractivity contribution in [3.8, 4) is 5.75 Å². The number of para-hydroxylation sites is 2. The minimum Gasteiger partial charge on any atom is -0.491 e. The van der Waals surface area contributed by atoms with Gasteiger partial charge in [0.15, 0.2) is 0 Å². The molecule has 4 rings (SSSR count). The number of benzene rings is 3. The van der Waals surface area contributed by atoms with Gasteiger partial charge < -0.3 is 13.9 Å². The maximum Gasteiger partial charge on any atom is 0.203 e. The Hall–Kier alpha value is -3.01. The molecular formula is C21H21N3O. The van der Waals surface area contributed by atoms with Gasteiger partial charge in [0, 0.05) is 11.9 Å². The molecule has 4 aromatic rings. The lowest BCUT2D eigenvalue weighted by molar-refractivity contribution is 0.300. The zero-order chi connectivity index (χ0) is 17.2. The van der Waals surface area contributed by atoms with Crippen LogP contribution < -0.4 is 10.4 Å². The summed E-state index contributed by atoms with van der Waals surface area (Å²) in [4.78, 5) is 0. The summed E-state index contributed by atoms with van der Waals surface area (Å²) in [5, 5.41) is 10.8. The van der Waals surface area contributed by atoms with Gasteiger partial charge in [0.2, 0.25) is 5.62 Å². The first kappa shape index (κ1) is 15.5. The molecule has 1 heterocycles. The Morgan fingerprint density at radius 2 is 1.52 bits per heavy atom. The van der Waals surface area contributed by atoms with E-state index in [1.807, 2.05) is 45.5 Å². The zero-order valence-corrected chi connectivity index (χ0v) is 14.3. The molecule has 0 atom stereocenters. The quantitative estimate of drug-likeness (QED) is 0.586. The fourth-order valence-corrected chi connectivity index (χ4v) is 3.41. The Balaban J connectivity index is 1.61. The first-order chi connectivity index (χ1) is 12.3. The maximum absolute atomic E-state index is 8.46. The molecule has 0 saturated heterocycles. The molecule has 0 radical (unpaired) electrons. The van der Waals surface area contributed by atoms with E-state index in [1.54, 1.807) is 0 Å². The Kier molecular flexibility index (Phi) is 4.02. The van der Waals surface area contributed by atoms with Gasteiger partial charge in [-0.05, 0) is 30.5 Å². The van der Waals surface area contributed by atoms with Gasteiger partial charge in [0.05, 0.1) is 17.6 Å². The minimum absolute atomic E-state index is 0.519. The molecule has 0 aliphatic heterocycles. The standard InChI is InChI=1S/C21H21N3O/c1-2-23-18-11-5-6-12-19(18)24(21(23)22)14-15-25-20-13-7-9-16-8-3-4-10-17(16)20/h3-13,22H,2,14-15H2,1H3. The number of fused-ring (bicyclic) bond motifs is 2. The van der Waals surface area contributed by atoms with Crippen molar-refractivity contribution in [3.63, 3.8) is 0 Å². The van der Waals surface area contributed by atoms with Crippen LogP contribution in [0.25, 0.3) is 21.8 Å². The van der Waals surface area contributed by atoms with Crippen LogP contribution in [0.4, 0.5) is 0 Å². The molecule has 3 aromatic carbocycles.